The Morgan fingerprint density at radius 2 is 2.17 bits per heavy atom. The molecule has 2 saturated carbocycles. The number of nitrogens with two attached hydrogens (primary N) is 1. The molecule has 2 atom stereocenters. The zero-order valence-corrected chi connectivity index (χ0v) is 12.3. The second kappa shape index (κ2) is 4.46. The minimum atomic E-state index is 0.244. The molecule has 0 amide bonds. The second-order valence-electron chi connectivity index (χ2n) is 5.31. The summed E-state index contributed by atoms with van der Waals surface area (Å²) in [6, 6.07) is 0.567. The van der Waals surface area contributed by atoms with Crippen LogP contribution in [0, 0.1) is 11.8 Å². The predicted octanol–water partition coefficient (Wildman–Crippen LogP) is 3.47. The van der Waals surface area contributed by atoms with Crippen molar-refractivity contribution in [2.45, 2.75) is 37.1 Å². The number of Topliss-reactive ketones (excluding diaryl/α,β-unsaturated/α-hetero) is 1. The zero-order chi connectivity index (χ0) is 12.9. The number of hydrogen-bond acceptors (Lipinski definition) is 5. The lowest BCUT2D eigenvalue weighted by atomic mass is 10.2. The van der Waals surface area contributed by atoms with Gasteiger partial charge in [0.25, 0.3) is 0 Å². The molecular weight excluding hydrogens is 264 g/mol. The highest BCUT2D eigenvalue weighted by Crippen LogP contribution is 2.47. The average molecular weight is 282 g/mol. The van der Waals surface area contributed by atoms with E-state index in [1.807, 2.05) is 6.26 Å². The van der Waals surface area contributed by atoms with E-state index in [1.54, 1.807) is 23.1 Å². The van der Waals surface area contributed by atoms with Gasteiger partial charge in [0.1, 0.15) is 5.00 Å². The number of carbonyl (C=O) groups excluding carboxylic acids is 1. The van der Waals surface area contributed by atoms with Gasteiger partial charge in [0.05, 0.1) is 15.5 Å². The topological polar surface area (TPSA) is 55.1 Å². The first kappa shape index (κ1) is 12.4. The molecule has 2 fully saturated rings. The van der Waals surface area contributed by atoms with Crippen molar-refractivity contribution in [3.63, 3.8) is 0 Å². The number of thiophene rings is 1. The van der Waals surface area contributed by atoms with Crippen molar-refractivity contribution in [2.24, 2.45) is 11.8 Å². The highest BCUT2D eigenvalue weighted by atomic mass is 32.2. The second-order valence-corrected chi connectivity index (χ2v) is 7.15. The number of rotatable bonds is 5. The molecule has 0 radical (unpaired) electrons. The molecule has 18 heavy (non-hydrogen) atoms. The molecule has 3 rings (SSSR count). The molecule has 2 aliphatic rings. The van der Waals surface area contributed by atoms with Crippen LogP contribution in [0.3, 0.4) is 0 Å². The van der Waals surface area contributed by atoms with Crippen LogP contribution in [0.25, 0.3) is 0 Å². The molecule has 0 aliphatic heterocycles. The van der Waals surface area contributed by atoms with E-state index in [9.17, 15) is 4.79 Å². The molecule has 98 valence electrons. The maximum Gasteiger partial charge on any atom is 0.178 e. The van der Waals surface area contributed by atoms with Crippen LogP contribution in [0.2, 0.25) is 0 Å². The van der Waals surface area contributed by atoms with E-state index in [2.05, 4.69) is 12.2 Å². The van der Waals surface area contributed by atoms with Gasteiger partial charge in [0, 0.05) is 12.0 Å². The van der Waals surface area contributed by atoms with E-state index in [4.69, 9.17) is 5.73 Å². The number of anilines is 2. The fraction of sp³-hybridized carbons (Fsp3) is 0.615. The lowest BCUT2D eigenvalue weighted by Gasteiger charge is -2.04. The Bertz CT molecular complexity index is 493. The first-order chi connectivity index (χ1) is 8.61. The fourth-order valence-corrected chi connectivity index (χ4v) is 4.23. The van der Waals surface area contributed by atoms with Gasteiger partial charge in [-0.05, 0) is 31.4 Å². The van der Waals surface area contributed by atoms with Crippen molar-refractivity contribution >= 4 is 39.6 Å². The average Bonchev–Trinajstić information content (AvgIpc) is 3.23. The molecule has 2 aliphatic carbocycles. The van der Waals surface area contributed by atoms with E-state index in [-0.39, 0.29) is 11.7 Å². The molecule has 1 aromatic heterocycles. The van der Waals surface area contributed by atoms with Crippen LogP contribution in [0.4, 0.5) is 10.7 Å². The number of carbonyl (C=O) groups is 1. The van der Waals surface area contributed by atoms with Gasteiger partial charge in [0.2, 0.25) is 0 Å². The lowest BCUT2D eigenvalue weighted by Crippen LogP contribution is -2.02. The van der Waals surface area contributed by atoms with Crippen molar-refractivity contribution in [3.05, 3.63) is 4.88 Å². The van der Waals surface area contributed by atoms with Crippen molar-refractivity contribution < 1.29 is 4.79 Å². The molecule has 0 spiro atoms. The molecule has 0 bridgehead atoms. The highest BCUT2D eigenvalue weighted by Gasteiger charge is 2.36. The summed E-state index contributed by atoms with van der Waals surface area (Å²) in [5, 5.41) is 4.62. The fourth-order valence-electron chi connectivity index (χ4n) is 2.13. The summed E-state index contributed by atoms with van der Waals surface area (Å²) in [5.74, 6) is 1.24. The van der Waals surface area contributed by atoms with Crippen LogP contribution in [-0.2, 0) is 0 Å². The molecular formula is C13H18N2OS2. The summed E-state index contributed by atoms with van der Waals surface area (Å²) in [7, 11) is 0. The number of ketones is 1. The standard InChI is InChI=1S/C13H18N2OS2/c1-6-5-8(6)15-13-12(17-2)9(14)11(18-13)10(16)7-3-4-7/h6-8,15H,3-5,14H2,1-2H3. The van der Waals surface area contributed by atoms with Crippen LogP contribution < -0.4 is 11.1 Å². The normalized spacial score (nSPS) is 26.1. The van der Waals surface area contributed by atoms with Crippen LogP contribution in [0.5, 0.6) is 0 Å². The third-order valence-corrected chi connectivity index (χ3v) is 5.81. The van der Waals surface area contributed by atoms with Crippen molar-refractivity contribution in [3.8, 4) is 0 Å². The third kappa shape index (κ3) is 2.14. The van der Waals surface area contributed by atoms with Gasteiger partial charge < -0.3 is 11.1 Å². The van der Waals surface area contributed by atoms with Gasteiger partial charge in [0.15, 0.2) is 5.78 Å². The monoisotopic (exact) mass is 282 g/mol. The van der Waals surface area contributed by atoms with Gasteiger partial charge in [-0.3, -0.25) is 4.79 Å². The Morgan fingerprint density at radius 3 is 2.67 bits per heavy atom. The highest BCUT2D eigenvalue weighted by molar-refractivity contribution is 7.99. The Kier molecular flexibility index (Phi) is 3.06. The number of nitrogens with one attached hydrogen (secondary N) is 1. The Hall–Kier alpha value is -0.680. The molecule has 0 aromatic carbocycles. The van der Waals surface area contributed by atoms with Gasteiger partial charge in [-0.2, -0.15) is 0 Å². The van der Waals surface area contributed by atoms with Gasteiger partial charge in [-0.15, -0.1) is 23.1 Å². The number of hydrogen-bond donors (Lipinski definition) is 2. The molecule has 1 heterocycles. The van der Waals surface area contributed by atoms with Gasteiger partial charge in [-0.25, -0.2) is 0 Å². The van der Waals surface area contributed by atoms with E-state index in [0.717, 1.165) is 33.5 Å². The first-order valence-electron chi connectivity index (χ1n) is 6.38. The van der Waals surface area contributed by atoms with E-state index >= 15 is 0 Å². The Labute approximate surface area is 116 Å². The summed E-state index contributed by atoms with van der Waals surface area (Å²) in [6.45, 7) is 2.24. The maximum atomic E-state index is 12.2. The summed E-state index contributed by atoms with van der Waals surface area (Å²) < 4.78 is 0. The summed E-state index contributed by atoms with van der Waals surface area (Å²) in [5.41, 5.74) is 6.84. The Balaban J connectivity index is 1.87. The molecule has 5 heteroatoms. The summed E-state index contributed by atoms with van der Waals surface area (Å²) in [6.07, 6.45) is 5.31. The maximum absolute atomic E-state index is 12.2. The SMILES string of the molecule is CSc1c(NC2CC2C)sc(C(=O)C2CC2)c1N. The zero-order valence-electron chi connectivity index (χ0n) is 10.7. The van der Waals surface area contributed by atoms with E-state index < -0.39 is 0 Å². The molecule has 0 saturated heterocycles. The van der Waals surface area contributed by atoms with Gasteiger partial charge >= 0.3 is 0 Å². The predicted molar refractivity (Wildman–Crippen MR) is 78.8 cm³/mol. The van der Waals surface area contributed by atoms with Crippen LogP contribution in [0.15, 0.2) is 4.90 Å². The van der Waals surface area contributed by atoms with Crippen molar-refractivity contribution in [2.75, 3.05) is 17.3 Å². The lowest BCUT2D eigenvalue weighted by molar-refractivity contribution is 0.0972. The third-order valence-electron chi connectivity index (χ3n) is 3.70. The molecule has 3 N–H and O–H groups in total. The smallest absolute Gasteiger partial charge is 0.178 e. The van der Waals surface area contributed by atoms with Crippen molar-refractivity contribution in [1.82, 2.24) is 0 Å². The summed E-state index contributed by atoms with van der Waals surface area (Å²) >= 11 is 3.19. The summed E-state index contributed by atoms with van der Waals surface area (Å²) in [4.78, 5) is 14.0. The Morgan fingerprint density at radius 1 is 1.50 bits per heavy atom. The largest absolute Gasteiger partial charge is 0.396 e. The molecule has 2 unspecified atom stereocenters. The van der Waals surface area contributed by atoms with E-state index in [1.165, 1.54) is 6.42 Å². The van der Waals surface area contributed by atoms with Crippen LogP contribution in [-0.4, -0.2) is 18.1 Å². The first-order valence-corrected chi connectivity index (χ1v) is 8.43. The minimum absolute atomic E-state index is 0.244. The minimum Gasteiger partial charge on any atom is -0.396 e. The van der Waals surface area contributed by atoms with E-state index in [0.29, 0.717) is 11.7 Å². The van der Waals surface area contributed by atoms with Crippen molar-refractivity contribution in [1.29, 1.82) is 0 Å². The van der Waals surface area contributed by atoms with Crippen LogP contribution >= 0.6 is 23.1 Å². The van der Waals surface area contributed by atoms with Crippen LogP contribution in [0.1, 0.15) is 35.9 Å². The van der Waals surface area contributed by atoms with Gasteiger partial charge in [-0.1, -0.05) is 6.92 Å². The number of nitrogen functional groups attached to an aromatic ring is 1. The number of thioether (sulfide) groups is 1. The molecule has 3 nitrogen and oxygen atoms in total. The quantitative estimate of drug-likeness (QED) is 0.641. The molecule has 1 aromatic rings.